The van der Waals surface area contributed by atoms with E-state index in [0.29, 0.717) is 17.5 Å². The molecule has 0 radical (unpaired) electrons. The van der Waals surface area contributed by atoms with Crippen LogP contribution in [-0.4, -0.2) is 15.0 Å². The van der Waals surface area contributed by atoms with E-state index in [-0.39, 0.29) is 0 Å². The molecular weight excluding hydrogens is 647 g/mol. The minimum Gasteiger partial charge on any atom is -0.208 e. The van der Waals surface area contributed by atoms with Gasteiger partial charge in [-0.05, 0) is 88.5 Å². The zero-order valence-corrected chi connectivity index (χ0v) is 28.6. The molecule has 0 aliphatic heterocycles. The molecule has 1 aliphatic rings. The third-order valence-electron chi connectivity index (χ3n) is 9.59. The summed E-state index contributed by atoms with van der Waals surface area (Å²) in [5.74, 6) is 1.98. The number of aryl methyl sites for hydroxylation is 1. The highest BCUT2D eigenvalue weighted by Gasteiger charge is 2.17. The fourth-order valence-electron chi connectivity index (χ4n) is 7.10. The Morgan fingerprint density at radius 3 is 1.80 bits per heavy atom. The summed E-state index contributed by atoms with van der Waals surface area (Å²) in [6.45, 7) is 0. The van der Waals surface area contributed by atoms with E-state index in [1.165, 1.54) is 46.3 Å². The number of aromatic nitrogens is 3. The molecule has 236 valence electrons. The number of hydrogen-bond acceptors (Lipinski definition) is 5. The maximum atomic E-state index is 5.20. The second-order valence-corrected chi connectivity index (χ2v) is 14.9. The fourth-order valence-corrected chi connectivity index (χ4v) is 9.46. The van der Waals surface area contributed by atoms with Gasteiger partial charge in [-0.3, -0.25) is 0 Å². The lowest BCUT2D eigenvalue weighted by Gasteiger charge is -2.13. The number of nitrogens with zero attached hydrogens (tertiary/aromatic N) is 3. The van der Waals surface area contributed by atoms with Crippen molar-refractivity contribution < 1.29 is 0 Å². The Bertz CT molecular complexity index is 2760. The second-order valence-electron chi connectivity index (χ2n) is 12.7. The largest absolute Gasteiger partial charge is 0.208 e. The summed E-state index contributed by atoms with van der Waals surface area (Å²) in [5.41, 5.74) is 8.98. The molecule has 9 aromatic rings. The van der Waals surface area contributed by atoms with E-state index in [1.54, 1.807) is 11.3 Å². The van der Waals surface area contributed by atoms with Crippen molar-refractivity contribution in [2.45, 2.75) is 12.8 Å². The van der Waals surface area contributed by atoms with Crippen LogP contribution in [0.3, 0.4) is 0 Å². The van der Waals surface area contributed by atoms with E-state index in [2.05, 4.69) is 133 Å². The first-order valence-electron chi connectivity index (χ1n) is 16.9. The Kier molecular flexibility index (Phi) is 7.00. The Hall–Kier alpha value is -5.75. The number of fused-ring (bicyclic) bond motifs is 6. The van der Waals surface area contributed by atoms with E-state index in [9.17, 15) is 0 Å². The Labute approximate surface area is 297 Å². The first kappa shape index (κ1) is 29.2. The number of thiophene rings is 2. The molecule has 0 saturated heterocycles. The zero-order chi connectivity index (χ0) is 33.0. The molecule has 0 unspecified atom stereocenters. The van der Waals surface area contributed by atoms with Gasteiger partial charge in [0.05, 0.1) is 0 Å². The van der Waals surface area contributed by atoms with Crippen molar-refractivity contribution >= 4 is 59.0 Å². The molecule has 3 heterocycles. The molecule has 6 aromatic carbocycles. The van der Waals surface area contributed by atoms with Crippen molar-refractivity contribution in [2.75, 3.05) is 0 Å². The van der Waals surface area contributed by atoms with Crippen LogP contribution in [0.15, 0.2) is 146 Å². The molecule has 0 amide bonds. The molecule has 0 saturated carbocycles. The summed E-state index contributed by atoms with van der Waals surface area (Å²) in [6, 6.07) is 49.7. The summed E-state index contributed by atoms with van der Waals surface area (Å²) in [7, 11) is 0. The highest BCUT2D eigenvalue weighted by Crippen LogP contribution is 2.40. The average Bonchev–Trinajstić information content (AvgIpc) is 3.76. The highest BCUT2D eigenvalue weighted by molar-refractivity contribution is 7.25. The van der Waals surface area contributed by atoms with Crippen molar-refractivity contribution in [2.24, 2.45) is 0 Å². The molecule has 0 spiro atoms. The van der Waals surface area contributed by atoms with Crippen LogP contribution in [0.5, 0.6) is 0 Å². The quantitative estimate of drug-likeness (QED) is 0.182. The Balaban J connectivity index is 1.17. The predicted molar refractivity (Wildman–Crippen MR) is 213 cm³/mol. The maximum Gasteiger partial charge on any atom is 0.164 e. The van der Waals surface area contributed by atoms with Crippen LogP contribution in [0.4, 0.5) is 0 Å². The minimum absolute atomic E-state index is 0.655. The van der Waals surface area contributed by atoms with Gasteiger partial charge in [0.2, 0.25) is 0 Å². The number of hydrogen-bond donors (Lipinski definition) is 0. The molecule has 0 bridgehead atoms. The van der Waals surface area contributed by atoms with Gasteiger partial charge in [-0.25, -0.2) is 15.0 Å². The summed E-state index contributed by atoms with van der Waals surface area (Å²) in [5, 5.41) is 3.91. The van der Waals surface area contributed by atoms with Crippen LogP contribution in [-0.2, 0) is 6.42 Å². The van der Waals surface area contributed by atoms with Crippen molar-refractivity contribution in [3.63, 3.8) is 0 Å². The van der Waals surface area contributed by atoms with E-state index in [4.69, 9.17) is 15.0 Å². The summed E-state index contributed by atoms with van der Waals surface area (Å²) < 4.78 is 3.83. The molecular formula is C45H29N3S2. The van der Waals surface area contributed by atoms with Gasteiger partial charge in [-0.1, -0.05) is 109 Å². The van der Waals surface area contributed by atoms with Gasteiger partial charge in [0.15, 0.2) is 17.5 Å². The van der Waals surface area contributed by atoms with E-state index in [1.807, 2.05) is 29.5 Å². The van der Waals surface area contributed by atoms with Gasteiger partial charge in [0.1, 0.15) is 0 Å². The van der Waals surface area contributed by atoms with E-state index in [0.717, 1.165) is 46.2 Å². The van der Waals surface area contributed by atoms with Crippen LogP contribution in [0.1, 0.15) is 16.9 Å². The van der Waals surface area contributed by atoms with Gasteiger partial charge in [0.25, 0.3) is 0 Å². The lowest BCUT2D eigenvalue weighted by molar-refractivity contribution is 1.01. The minimum atomic E-state index is 0.655. The fraction of sp³-hybridized carbons (Fsp3) is 0.0444. The van der Waals surface area contributed by atoms with Crippen molar-refractivity contribution in [3.8, 4) is 56.4 Å². The molecule has 3 nitrogen and oxygen atoms in total. The van der Waals surface area contributed by atoms with Crippen LogP contribution in [0.2, 0.25) is 0 Å². The van der Waals surface area contributed by atoms with Crippen molar-refractivity contribution in [1.29, 1.82) is 0 Å². The van der Waals surface area contributed by atoms with Gasteiger partial charge in [-0.2, -0.15) is 0 Å². The van der Waals surface area contributed by atoms with Gasteiger partial charge >= 0.3 is 0 Å². The molecule has 5 heteroatoms. The van der Waals surface area contributed by atoms with Crippen molar-refractivity contribution in [3.05, 3.63) is 156 Å². The standard InChI is InChI=1S/C45H29N3S2/c1-3-11-28(12-4-1)32-23-33(30-19-21-37-35-15-7-9-17-39(35)49-41(37)26-30)25-34(24-32)45-47-43(29-13-5-2-6-14-29)46-44(48-45)31-20-22-38-36-16-8-10-18-40(36)50-42(38)27-31/h1-6,8-14,16-27H,7,15H2. The van der Waals surface area contributed by atoms with E-state index >= 15 is 0 Å². The zero-order valence-electron chi connectivity index (χ0n) is 27.0. The van der Waals surface area contributed by atoms with Gasteiger partial charge in [0, 0.05) is 46.4 Å². The molecule has 0 fully saturated rings. The average molecular weight is 676 g/mol. The number of benzene rings is 6. The molecule has 50 heavy (non-hydrogen) atoms. The first-order chi connectivity index (χ1) is 24.7. The first-order valence-corrected chi connectivity index (χ1v) is 18.5. The highest BCUT2D eigenvalue weighted by atomic mass is 32.1. The summed E-state index contributed by atoms with van der Waals surface area (Å²) in [4.78, 5) is 16.8. The summed E-state index contributed by atoms with van der Waals surface area (Å²) >= 11 is 3.70. The predicted octanol–water partition coefficient (Wildman–Crippen LogP) is 12.7. The van der Waals surface area contributed by atoms with Crippen LogP contribution in [0.25, 0.3) is 92.8 Å². The SMILES string of the molecule is C1=Cc2sc3cc(-c4cc(-c5ccccc5)cc(-c5nc(-c6ccccc6)nc(-c6ccc7c(c6)sc6ccccc67)n5)c4)ccc3c2CC1. The third-order valence-corrected chi connectivity index (χ3v) is 11.9. The number of rotatable bonds is 5. The van der Waals surface area contributed by atoms with Gasteiger partial charge < -0.3 is 0 Å². The maximum absolute atomic E-state index is 5.20. The topological polar surface area (TPSA) is 38.7 Å². The van der Waals surface area contributed by atoms with Crippen LogP contribution in [0, 0.1) is 0 Å². The van der Waals surface area contributed by atoms with E-state index < -0.39 is 0 Å². The summed E-state index contributed by atoms with van der Waals surface area (Å²) in [6.07, 6.45) is 6.81. The third kappa shape index (κ3) is 5.14. The van der Waals surface area contributed by atoms with Gasteiger partial charge in [-0.15, -0.1) is 22.7 Å². The van der Waals surface area contributed by atoms with Crippen LogP contribution >= 0.6 is 22.7 Å². The van der Waals surface area contributed by atoms with Crippen molar-refractivity contribution in [1.82, 2.24) is 15.0 Å². The molecule has 0 atom stereocenters. The number of allylic oxidation sites excluding steroid dienone is 1. The Morgan fingerprint density at radius 1 is 0.400 bits per heavy atom. The van der Waals surface area contributed by atoms with Crippen LogP contribution < -0.4 is 0 Å². The monoisotopic (exact) mass is 675 g/mol. The Morgan fingerprint density at radius 2 is 0.980 bits per heavy atom. The second kappa shape index (κ2) is 12.0. The lowest BCUT2D eigenvalue weighted by atomic mass is 9.94. The normalized spacial score (nSPS) is 12.6. The smallest absolute Gasteiger partial charge is 0.164 e. The molecule has 10 rings (SSSR count). The molecule has 1 aliphatic carbocycles. The molecule has 3 aromatic heterocycles. The molecule has 0 N–H and O–H groups in total. The lowest BCUT2D eigenvalue weighted by Crippen LogP contribution is -2.00.